The minimum Gasteiger partial charge on any atom is -0.388 e. The molecule has 0 aliphatic heterocycles. The zero-order valence-electron chi connectivity index (χ0n) is 8.66. The van der Waals surface area contributed by atoms with Gasteiger partial charge in [0.1, 0.15) is 0 Å². The van der Waals surface area contributed by atoms with Gasteiger partial charge < -0.3 is 5.11 Å². The summed E-state index contributed by atoms with van der Waals surface area (Å²) >= 11 is 0. The van der Waals surface area contributed by atoms with Crippen LogP contribution >= 0.6 is 0 Å². The van der Waals surface area contributed by atoms with Crippen LogP contribution in [0, 0.1) is 5.92 Å². The molecule has 13 heavy (non-hydrogen) atoms. The second-order valence-corrected chi connectivity index (χ2v) is 7.08. The highest BCUT2D eigenvalue weighted by Crippen LogP contribution is 2.55. The lowest BCUT2D eigenvalue weighted by atomic mass is 10.0. The Labute approximate surface area is 80.1 Å². The van der Waals surface area contributed by atoms with E-state index >= 15 is 0 Å². The van der Waals surface area contributed by atoms with Crippen LogP contribution < -0.4 is 0 Å². The van der Waals surface area contributed by atoms with Crippen LogP contribution in [0.2, 0.25) is 0 Å². The Kier molecular flexibility index (Phi) is 2.28. The number of hydrogen-bond acceptors (Lipinski definition) is 3. The summed E-state index contributed by atoms with van der Waals surface area (Å²) in [4.78, 5) is 0. The topological polar surface area (TPSA) is 54.4 Å². The van der Waals surface area contributed by atoms with E-state index in [0.717, 1.165) is 6.42 Å². The Morgan fingerprint density at radius 2 is 2.00 bits per heavy atom. The highest BCUT2D eigenvalue weighted by molar-refractivity contribution is 7.92. The van der Waals surface area contributed by atoms with E-state index < -0.39 is 20.2 Å². The van der Waals surface area contributed by atoms with Gasteiger partial charge in [0.2, 0.25) is 0 Å². The van der Waals surface area contributed by atoms with E-state index in [-0.39, 0.29) is 5.92 Å². The van der Waals surface area contributed by atoms with Crippen LogP contribution in [0.25, 0.3) is 0 Å². The lowest BCUT2D eigenvalue weighted by molar-refractivity contribution is 0.0936. The molecule has 0 aromatic heterocycles. The van der Waals surface area contributed by atoms with Crippen LogP contribution in [-0.4, -0.2) is 30.1 Å². The quantitative estimate of drug-likeness (QED) is 0.748. The predicted octanol–water partition coefficient (Wildman–Crippen LogP) is 0.971. The van der Waals surface area contributed by atoms with Gasteiger partial charge in [0.05, 0.1) is 10.3 Å². The fourth-order valence-electron chi connectivity index (χ4n) is 1.86. The maximum absolute atomic E-state index is 11.4. The van der Waals surface area contributed by atoms with Crippen LogP contribution in [0.3, 0.4) is 0 Å². The van der Waals surface area contributed by atoms with E-state index in [2.05, 4.69) is 0 Å². The minimum atomic E-state index is -3.19. The SMILES string of the molecule is CCC1CC1(O)C(C)(C)S(C)(=O)=O. The Balaban J connectivity index is 2.97. The summed E-state index contributed by atoms with van der Waals surface area (Å²) in [6, 6.07) is 0. The molecule has 0 saturated heterocycles. The first-order valence-corrected chi connectivity index (χ1v) is 6.48. The van der Waals surface area contributed by atoms with E-state index in [1.807, 2.05) is 6.92 Å². The third-order valence-electron chi connectivity index (χ3n) is 3.54. The van der Waals surface area contributed by atoms with Crippen molar-refractivity contribution in [2.24, 2.45) is 5.92 Å². The fraction of sp³-hybridized carbons (Fsp3) is 1.00. The molecule has 1 rings (SSSR count). The van der Waals surface area contributed by atoms with Gasteiger partial charge in [0, 0.05) is 6.26 Å². The van der Waals surface area contributed by atoms with Crippen molar-refractivity contribution in [3.63, 3.8) is 0 Å². The normalized spacial score (nSPS) is 34.7. The molecule has 0 aromatic carbocycles. The molecule has 0 spiro atoms. The molecule has 2 atom stereocenters. The first-order chi connectivity index (χ1) is 5.67. The van der Waals surface area contributed by atoms with Gasteiger partial charge >= 0.3 is 0 Å². The lowest BCUT2D eigenvalue weighted by Gasteiger charge is -2.29. The standard InChI is InChI=1S/C9H18O3S/c1-5-7-6-9(7,10)8(2,3)13(4,11)12/h7,10H,5-6H2,1-4H3. The van der Waals surface area contributed by atoms with Gasteiger partial charge in [0.15, 0.2) is 9.84 Å². The van der Waals surface area contributed by atoms with Crippen molar-refractivity contribution in [2.75, 3.05) is 6.26 Å². The molecule has 4 heteroatoms. The van der Waals surface area contributed by atoms with Crippen molar-refractivity contribution in [1.29, 1.82) is 0 Å². The number of hydrogen-bond donors (Lipinski definition) is 1. The van der Waals surface area contributed by atoms with E-state index in [1.54, 1.807) is 13.8 Å². The third-order valence-corrected chi connectivity index (χ3v) is 5.74. The summed E-state index contributed by atoms with van der Waals surface area (Å²) in [5.41, 5.74) is -0.991. The molecule has 1 aliphatic rings. The summed E-state index contributed by atoms with van der Waals surface area (Å²) in [7, 11) is -3.19. The van der Waals surface area contributed by atoms with E-state index in [0.29, 0.717) is 6.42 Å². The molecule has 78 valence electrons. The highest BCUT2D eigenvalue weighted by atomic mass is 32.2. The van der Waals surface area contributed by atoms with E-state index in [9.17, 15) is 13.5 Å². The molecule has 0 bridgehead atoms. The Hall–Kier alpha value is -0.0900. The first kappa shape index (κ1) is 11.0. The number of rotatable bonds is 3. The van der Waals surface area contributed by atoms with Gasteiger partial charge in [0.25, 0.3) is 0 Å². The molecular formula is C9H18O3S. The average molecular weight is 206 g/mol. The van der Waals surface area contributed by atoms with Crippen molar-refractivity contribution in [2.45, 2.75) is 44.0 Å². The predicted molar refractivity (Wildman–Crippen MR) is 52.3 cm³/mol. The second kappa shape index (κ2) is 2.70. The molecule has 0 aromatic rings. The zero-order chi connectivity index (χ0) is 10.5. The maximum Gasteiger partial charge on any atom is 0.155 e. The summed E-state index contributed by atoms with van der Waals surface area (Å²) in [5, 5.41) is 10.1. The van der Waals surface area contributed by atoms with Crippen LogP contribution in [-0.2, 0) is 9.84 Å². The molecule has 1 fully saturated rings. The summed E-state index contributed by atoms with van der Waals surface area (Å²) in [5.74, 6) is 0.150. The summed E-state index contributed by atoms with van der Waals surface area (Å²) < 4.78 is 21.9. The minimum absolute atomic E-state index is 0.150. The number of aliphatic hydroxyl groups is 1. The second-order valence-electron chi connectivity index (χ2n) is 4.52. The number of sulfone groups is 1. The highest BCUT2D eigenvalue weighted by Gasteiger charge is 2.64. The zero-order valence-corrected chi connectivity index (χ0v) is 9.48. The van der Waals surface area contributed by atoms with E-state index in [4.69, 9.17) is 0 Å². The molecule has 0 radical (unpaired) electrons. The van der Waals surface area contributed by atoms with Crippen molar-refractivity contribution in [3.8, 4) is 0 Å². The molecule has 1 saturated carbocycles. The fourth-order valence-corrected chi connectivity index (χ4v) is 2.75. The van der Waals surface area contributed by atoms with Crippen molar-refractivity contribution in [3.05, 3.63) is 0 Å². The Morgan fingerprint density at radius 3 is 2.23 bits per heavy atom. The Morgan fingerprint density at radius 1 is 1.54 bits per heavy atom. The van der Waals surface area contributed by atoms with Gasteiger partial charge in [-0.1, -0.05) is 13.3 Å². The van der Waals surface area contributed by atoms with Crippen LogP contribution in [0.5, 0.6) is 0 Å². The van der Waals surface area contributed by atoms with E-state index in [1.165, 1.54) is 6.26 Å². The van der Waals surface area contributed by atoms with Gasteiger partial charge in [-0.15, -0.1) is 0 Å². The van der Waals surface area contributed by atoms with Crippen molar-refractivity contribution < 1.29 is 13.5 Å². The van der Waals surface area contributed by atoms with Gasteiger partial charge in [-0.3, -0.25) is 0 Å². The van der Waals surface area contributed by atoms with Crippen LogP contribution in [0.1, 0.15) is 33.6 Å². The van der Waals surface area contributed by atoms with Crippen LogP contribution in [0.4, 0.5) is 0 Å². The largest absolute Gasteiger partial charge is 0.388 e. The monoisotopic (exact) mass is 206 g/mol. The molecular weight excluding hydrogens is 188 g/mol. The average Bonchev–Trinajstić information content (AvgIpc) is 2.61. The van der Waals surface area contributed by atoms with Crippen molar-refractivity contribution >= 4 is 9.84 Å². The summed E-state index contributed by atoms with van der Waals surface area (Å²) in [6.45, 7) is 5.19. The molecule has 2 unspecified atom stereocenters. The van der Waals surface area contributed by atoms with Gasteiger partial charge in [-0.25, -0.2) is 8.42 Å². The molecule has 1 aliphatic carbocycles. The van der Waals surface area contributed by atoms with Crippen molar-refractivity contribution in [1.82, 2.24) is 0 Å². The molecule has 0 amide bonds. The van der Waals surface area contributed by atoms with Gasteiger partial charge in [-0.2, -0.15) is 0 Å². The van der Waals surface area contributed by atoms with Crippen LogP contribution in [0.15, 0.2) is 0 Å². The molecule has 1 N–H and O–H groups in total. The Bertz CT molecular complexity index is 305. The maximum atomic E-state index is 11.4. The molecule has 3 nitrogen and oxygen atoms in total. The third kappa shape index (κ3) is 1.40. The smallest absolute Gasteiger partial charge is 0.155 e. The summed E-state index contributed by atoms with van der Waals surface area (Å²) in [6.07, 6.45) is 2.65. The lowest BCUT2D eigenvalue weighted by Crippen LogP contribution is -2.46. The first-order valence-electron chi connectivity index (χ1n) is 4.59. The van der Waals surface area contributed by atoms with Gasteiger partial charge in [-0.05, 0) is 26.2 Å². The molecule has 0 heterocycles.